The molecule has 1 amide bonds. The molecule has 106 valence electrons. The third kappa shape index (κ3) is 2.16. The summed E-state index contributed by atoms with van der Waals surface area (Å²) in [4.78, 5) is 20.8. The van der Waals surface area contributed by atoms with Gasteiger partial charge in [-0.1, -0.05) is 0 Å². The quantitative estimate of drug-likeness (QED) is 0.615. The van der Waals surface area contributed by atoms with E-state index in [-0.39, 0.29) is 5.91 Å². The van der Waals surface area contributed by atoms with Gasteiger partial charge in [0.25, 0.3) is 5.91 Å². The molecule has 3 aromatic heterocycles. The predicted octanol–water partition coefficient (Wildman–Crippen LogP) is 2.53. The van der Waals surface area contributed by atoms with Crippen LogP contribution in [0.4, 0.5) is 5.69 Å². The number of nitrogens with zero attached hydrogens (tertiary/aromatic N) is 4. The van der Waals surface area contributed by atoms with Crippen molar-refractivity contribution in [1.82, 2.24) is 19.6 Å². The minimum Gasteiger partial charge on any atom is -0.322 e. The zero-order chi connectivity index (χ0) is 14.9. The van der Waals surface area contributed by atoms with Gasteiger partial charge in [-0.2, -0.15) is 5.10 Å². The average molecular weight is 289 g/mol. The second kappa shape index (κ2) is 4.92. The molecule has 6 heteroatoms. The Kier molecular flexibility index (Phi) is 2.79. The van der Waals surface area contributed by atoms with Gasteiger partial charge in [0.05, 0.1) is 16.6 Å². The SMILES string of the molecule is O=C(Nc1ccn2nccc2c1)c1ccc2nccnc2c1. The third-order valence-corrected chi connectivity index (χ3v) is 3.39. The highest BCUT2D eigenvalue weighted by Gasteiger charge is 2.08. The van der Waals surface area contributed by atoms with E-state index < -0.39 is 0 Å². The maximum atomic E-state index is 12.4. The number of amides is 1. The van der Waals surface area contributed by atoms with Crippen molar-refractivity contribution in [2.45, 2.75) is 0 Å². The van der Waals surface area contributed by atoms with Crippen LogP contribution in [0.15, 0.2) is 61.2 Å². The molecule has 0 atom stereocenters. The van der Waals surface area contributed by atoms with Crippen molar-refractivity contribution in [3.05, 3.63) is 66.7 Å². The largest absolute Gasteiger partial charge is 0.322 e. The lowest BCUT2D eigenvalue weighted by Gasteiger charge is -2.06. The fourth-order valence-corrected chi connectivity index (χ4v) is 2.31. The number of hydrogen-bond acceptors (Lipinski definition) is 4. The molecule has 0 saturated carbocycles. The Morgan fingerprint density at radius 3 is 2.73 bits per heavy atom. The molecule has 1 aromatic carbocycles. The Hall–Kier alpha value is -3.28. The van der Waals surface area contributed by atoms with E-state index in [0.717, 1.165) is 16.7 Å². The molecule has 0 spiro atoms. The normalized spacial score (nSPS) is 10.9. The summed E-state index contributed by atoms with van der Waals surface area (Å²) in [5.41, 5.74) is 3.64. The number of hydrogen-bond donors (Lipinski definition) is 1. The van der Waals surface area contributed by atoms with Gasteiger partial charge in [0.2, 0.25) is 0 Å². The van der Waals surface area contributed by atoms with Gasteiger partial charge in [-0.3, -0.25) is 14.8 Å². The molecule has 0 aliphatic carbocycles. The van der Waals surface area contributed by atoms with Crippen molar-refractivity contribution >= 4 is 28.1 Å². The molecule has 4 rings (SSSR count). The number of benzene rings is 1. The number of carbonyl (C=O) groups is 1. The van der Waals surface area contributed by atoms with Gasteiger partial charge in [-0.15, -0.1) is 0 Å². The first kappa shape index (κ1) is 12.5. The molecule has 0 saturated heterocycles. The Morgan fingerprint density at radius 2 is 1.82 bits per heavy atom. The lowest BCUT2D eigenvalue weighted by atomic mass is 10.1. The van der Waals surface area contributed by atoms with Crippen LogP contribution in [0.25, 0.3) is 16.6 Å². The van der Waals surface area contributed by atoms with Crippen molar-refractivity contribution in [2.24, 2.45) is 0 Å². The van der Waals surface area contributed by atoms with E-state index in [9.17, 15) is 4.79 Å². The van der Waals surface area contributed by atoms with E-state index >= 15 is 0 Å². The Bertz CT molecular complexity index is 992. The highest BCUT2D eigenvalue weighted by molar-refractivity contribution is 6.06. The van der Waals surface area contributed by atoms with E-state index in [0.29, 0.717) is 11.1 Å². The van der Waals surface area contributed by atoms with Gasteiger partial charge in [-0.05, 0) is 36.4 Å². The summed E-state index contributed by atoms with van der Waals surface area (Å²) in [7, 11) is 0. The lowest BCUT2D eigenvalue weighted by Crippen LogP contribution is -2.12. The topological polar surface area (TPSA) is 72.2 Å². The summed E-state index contributed by atoms with van der Waals surface area (Å²) in [6.45, 7) is 0. The van der Waals surface area contributed by atoms with Crippen molar-refractivity contribution in [1.29, 1.82) is 0 Å². The summed E-state index contributed by atoms with van der Waals surface area (Å²) in [6, 6.07) is 10.8. The highest BCUT2D eigenvalue weighted by atomic mass is 16.1. The molecule has 3 heterocycles. The van der Waals surface area contributed by atoms with Gasteiger partial charge in [0.15, 0.2) is 0 Å². The molecular formula is C16H11N5O. The van der Waals surface area contributed by atoms with Crippen LogP contribution in [-0.4, -0.2) is 25.5 Å². The van der Waals surface area contributed by atoms with Crippen LogP contribution in [-0.2, 0) is 0 Å². The molecule has 1 N–H and O–H groups in total. The molecule has 0 radical (unpaired) electrons. The van der Waals surface area contributed by atoms with Crippen molar-refractivity contribution < 1.29 is 4.79 Å². The molecule has 0 aliphatic rings. The van der Waals surface area contributed by atoms with Gasteiger partial charge >= 0.3 is 0 Å². The van der Waals surface area contributed by atoms with Crippen molar-refractivity contribution in [3.63, 3.8) is 0 Å². The maximum absolute atomic E-state index is 12.4. The van der Waals surface area contributed by atoms with Gasteiger partial charge in [0.1, 0.15) is 0 Å². The summed E-state index contributed by atoms with van der Waals surface area (Å²) in [5, 5.41) is 7.00. The second-order valence-electron chi connectivity index (χ2n) is 4.83. The zero-order valence-electron chi connectivity index (χ0n) is 11.5. The Morgan fingerprint density at radius 1 is 0.955 bits per heavy atom. The molecular weight excluding hydrogens is 278 g/mol. The summed E-state index contributed by atoms with van der Waals surface area (Å²) in [6.07, 6.45) is 6.75. The Labute approximate surface area is 125 Å². The average Bonchev–Trinajstić information content (AvgIpc) is 3.02. The Balaban J connectivity index is 1.64. The fraction of sp³-hybridized carbons (Fsp3) is 0. The molecule has 0 aliphatic heterocycles. The van der Waals surface area contributed by atoms with Crippen molar-refractivity contribution in [2.75, 3.05) is 5.32 Å². The first-order valence-electron chi connectivity index (χ1n) is 6.75. The van der Waals surface area contributed by atoms with Crippen LogP contribution in [0, 0.1) is 0 Å². The van der Waals surface area contributed by atoms with Gasteiger partial charge in [-0.25, -0.2) is 4.52 Å². The zero-order valence-corrected chi connectivity index (χ0v) is 11.5. The van der Waals surface area contributed by atoms with Gasteiger partial charge in [0, 0.05) is 36.0 Å². The first-order chi connectivity index (χ1) is 10.8. The number of rotatable bonds is 2. The van der Waals surface area contributed by atoms with Crippen LogP contribution < -0.4 is 5.32 Å². The van der Waals surface area contributed by atoms with Crippen LogP contribution in [0.1, 0.15) is 10.4 Å². The number of pyridine rings is 1. The maximum Gasteiger partial charge on any atom is 0.255 e. The number of anilines is 1. The smallest absolute Gasteiger partial charge is 0.255 e. The van der Waals surface area contributed by atoms with E-state index in [1.54, 1.807) is 53.6 Å². The van der Waals surface area contributed by atoms with Crippen LogP contribution in [0.2, 0.25) is 0 Å². The molecule has 0 bridgehead atoms. The van der Waals surface area contributed by atoms with Crippen LogP contribution >= 0.6 is 0 Å². The van der Waals surface area contributed by atoms with E-state index in [4.69, 9.17) is 0 Å². The van der Waals surface area contributed by atoms with Crippen molar-refractivity contribution in [3.8, 4) is 0 Å². The fourth-order valence-electron chi connectivity index (χ4n) is 2.31. The predicted molar refractivity (Wildman–Crippen MR) is 82.7 cm³/mol. The molecule has 22 heavy (non-hydrogen) atoms. The number of nitrogens with one attached hydrogen (secondary N) is 1. The molecule has 0 fully saturated rings. The summed E-state index contributed by atoms with van der Waals surface area (Å²) in [5.74, 6) is -0.184. The van der Waals surface area contributed by atoms with E-state index in [2.05, 4.69) is 20.4 Å². The highest BCUT2D eigenvalue weighted by Crippen LogP contribution is 2.15. The summed E-state index contributed by atoms with van der Waals surface area (Å²) >= 11 is 0. The monoisotopic (exact) mass is 289 g/mol. The molecule has 6 nitrogen and oxygen atoms in total. The minimum absolute atomic E-state index is 0.184. The second-order valence-corrected chi connectivity index (χ2v) is 4.83. The molecule has 4 aromatic rings. The first-order valence-corrected chi connectivity index (χ1v) is 6.75. The number of fused-ring (bicyclic) bond motifs is 2. The molecule has 0 unspecified atom stereocenters. The van der Waals surface area contributed by atoms with E-state index in [1.807, 2.05) is 12.1 Å². The number of aromatic nitrogens is 4. The van der Waals surface area contributed by atoms with E-state index in [1.165, 1.54) is 0 Å². The third-order valence-electron chi connectivity index (χ3n) is 3.39. The van der Waals surface area contributed by atoms with Crippen LogP contribution in [0.5, 0.6) is 0 Å². The standard InChI is InChI=1S/C16H11N5O/c22-16(11-1-2-14-15(9-11)18-7-6-17-14)20-12-4-8-21-13(10-12)3-5-19-21/h1-10H,(H,20,22). The minimum atomic E-state index is -0.184. The number of carbonyl (C=O) groups excluding carboxylic acids is 1. The van der Waals surface area contributed by atoms with Crippen LogP contribution in [0.3, 0.4) is 0 Å². The lowest BCUT2D eigenvalue weighted by molar-refractivity contribution is 0.102. The summed E-state index contributed by atoms with van der Waals surface area (Å²) < 4.78 is 1.74. The van der Waals surface area contributed by atoms with Gasteiger partial charge < -0.3 is 5.32 Å².